The number of ether oxygens (including phenoxy) is 2. The largest absolute Gasteiger partial charge is 0.493 e. The van der Waals surface area contributed by atoms with Crippen LogP contribution in [-0.4, -0.2) is 30.0 Å². The first-order valence-corrected chi connectivity index (χ1v) is 8.67. The minimum Gasteiger partial charge on any atom is -0.493 e. The number of carbonyl (C=O) groups is 2. The van der Waals surface area contributed by atoms with Gasteiger partial charge in [0.25, 0.3) is 11.6 Å². The fraction of sp³-hybridized carbons (Fsp3) is 0.300. The molecule has 0 fully saturated rings. The van der Waals surface area contributed by atoms with Crippen LogP contribution in [0.5, 0.6) is 5.75 Å². The van der Waals surface area contributed by atoms with E-state index in [0.717, 1.165) is 16.7 Å². The SMILES string of the molecule is Cc1cccc(OCCC(=O)OCC(=O)Nc2cc(C)c(C)cc2[N+](=O)[O-])c1. The van der Waals surface area contributed by atoms with Crippen LogP contribution in [0, 0.1) is 30.9 Å². The van der Waals surface area contributed by atoms with Gasteiger partial charge in [0.15, 0.2) is 6.61 Å². The predicted octanol–water partition coefficient (Wildman–Crippen LogP) is 3.47. The summed E-state index contributed by atoms with van der Waals surface area (Å²) < 4.78 is 10.3. The second-order valence-electron chi connectivity index (χ2n) is 6.33. The van der Waals surface area contributed by atoms with E-state index in [1.54, 1.807) is 19.9 Å². The van der Waals surface area contributed by atoms with Crippen LogP contribution in [0.4, 0.5) is 11.4 Å². The van der Waals surface area contributed by atoms with Crippen molar-refractivity contribution in [2.75, 3.05) is 18.5 Å². The Morgan fingerprint density at radius 2 is 1.82 bits per heavy atom. The van der Waals surface area contributed by atoms with Gasteiger partial charge in [0.05, 0.1) is 18.0 Å². The van der Waals surface area contributed by atoms with E-state index >= 15 is 0 Å². The maximum absolute atomic E-state index is 12.0. The summed E-state index contributed by atoms with van der Waals surface area (Å²) in [5, 5.41) is 13.6. The Balaban J connectivity index is 1.81. The molecule has 0 atom stereocenters. The van der Waals surface area contributed by atoms with Crippen molar-refractivity contribution in [1.82, 2.24) is 0 Å². The summed E-state index contributed by atoms with van der Waals surface area (Å²) in [5.41, 5.74) is 2.43. The first kappa shape index (κ1) is 20.9. The Morgan fingerprint density at radius 3 is 2.50 bits per heavy atom. The topological polar surface area (TPSA) is 108 Å². The lowest BCUT2D eigenvalue weighted by Crippen LogP contribution is -2.22. The molecule has 28 heavy (non-hydrogen) atoms. The molecule has 0 saturated carbocycles. The molecule has 2 aromatic carbocycles. The fourth-order valence-corrected chi connectivity index (χ4v) is 2.41. The third-order valence-corrected chi connectivity index (χ3v) is 4.01. The minimum atomic E-state index is -0.653. The van der Waals surface area contributed by atoms with Gasteiger partial charge in [0.2, 0.25) is 0 Å². The molecule has 0 spiro atoms. The van der Waals surface area contributed by atoms with Gasteiger partial charge in [-0.05, 0) is 55.7 Å². The second-order valence-corrected chi connectivity index (χ2v) is 6.33. The van der Waals surface area contributed by atoms with Crippen LogP contribution >= 0.6 is 0 Å². The Kier molecular flexibility index (Phi) is 7.08. The summed E-state index contributed by atoms with van der Waals surface area (Å²) in [5.74, 6) is -0.607. The molecule has 0 aliphatic carbocycles. The normalized spacial score (nSPS) is 10.2. The molecular formula is C20H22N2O6. The maximum Gasteiger partial charge on any atom is 0.309 e. The van der Waals surface area contributed by atoms with E-state index in [1.807, 2.05) is 25.1 Å². The van der Waals surface area contributed by atoms with Crippen molar-refractivity contribution in [2.24, 2.45) is 0 Å². The van der Waals surface area contributed by atoms with E-state index in [2.05, 4.69) is 5.32 Å². The average Bonchev–Trinajstić information content (AvgIpc) is 2.62. The van der Waals surface area contributed by atoms with Crippen LogP contribution in [-0.2, 0) is 14.3 Å². The molecule has 1 N–H and O–H groups in total. The molecule has 8 nitrogen and oxygen atoms in total. The monoisotopic (exact) mass is 386 g/mol. The molecule has 0 unspecified atom stereocenters. The van der Waals surface area contributed by atoms with E-state index in [9.17, 15) is 19.7 Å². The van der Waals surface area contributed by atoms with Crippen LogP contribution in [0.3, 0.4) is 0 Å². The number of esters is 1. The van der Waals surface area contributed by atoms with Gasteiger partial charge >= 0.3 is 5.97 Å². The van der Waals surface area contributed by atoms with Crippen molar-refractivity contribution in [3.63, 3.8) is 0 Å². The number of benzene rings is 2. The number of carbonyl (C=O) groups excluding carboxylic acids is 2. The van der Waals surface area contributed by atoms with E-state index in [4.69, 9.17) is 9.47 Å². The van der Waals surface area contributed by atoms with Crippen molar-refractivity contribution >= 4 is 23.3 Å². The van der Waals surface area contributed by atoms with Crippen molar-refractivity contribution < 1.29 is 24.0 Å². The molecule has 0 bridgehead atoms. The van der Waals surface area contributed by atoms with Crippen molar-refractivity contribution in [3.05, 3.63) is 63.2 Å². The standard InChI is InChI=1S/C20H22N2O6/c1-13-5-4-6-16(9-13)27-8-7-20(24)28-12-19(23)21-17-10-14(2)15(3)11-18(17)22(25)26/h4-6,9-11H,7-8,12H2,1-3H3,(H,21,23). The van der Waals surface area contributed by atoms with Crippen LogP contribution in [0.25, 0.3) is 0 Å². The number of nitrogens with zero attached hydrogens (tertiary/aromatic N) is 1. The molecular weight excluding hydrogens is 364 g/mol. The molecule has 0 aromatic heterocycles. The van der Waals surface area contributed by atoms with Crippen molar-refractivity contribution in [1.29, 1.82) is 0 Å². The van der Waals surface area contributed by atoms with E-state index in [0.29, 0.717) is 5.75 Å². The Bertz CT molecular complexity index is 894. The highest BCUT2D eigenvalue weighted by Crippen LogP contribution is 2.27. The molecule has 0 aliphatic heterocycles. The lowest BCUT2D eigenvalue weighted by atomic mass is 10.1. The lowest BCUT2D eigenvalue weighted by Gasteiger charge is -2.10. The molecule has 2 rings (SSSR count). The molecule has 2 aromatic rings. The summed E-state index contributed by atoms with van der Waals surface area (Å²) in [6, 6.07) is 10.3. The lowest BCUT2D eigenvalue weighted by molar-refractivity contribution is -0.384. The van der Waals surface area contributed by atoms with Gasteiger partial charge in [-0.1, -0.05) is 12.1 Å². The number of rotatable bonds is 8. The van der Waals surface area contributed by atoms with Crippen LogP contribution in [0.2, 0.25) is 0 Å². The van der Waals surface area contributed by atoms with E-state index in [-0.39, 0.29) is 24.4 Å². The van der Waals surface area contributed by atoms with Gasteiger partial charge in [0.1, 0.15) is 11.4 Å². The highest BCUT2D eigenvalue weighted by atomic mass is 16.6. The number of nitro groups is 1. The molecule has 1 amide bonds. The number of aryl methyl sites for hydroxylation is 3. The number of amides is 1. The van der Waals surface area contributed by atoms with Crippen molar-refractivity contribution in [2.45, 2.75) is 27.2 Å². The maximum atomic E-state index is 12.0. The molecule has 148 valence electrons. The van der Waals surface area contributed by atoms with Gasteiger partial charge in [-0.25, -0.2) is 0 Å². The third kappa shape index (κ3) is 6.08. The zero-order valence-corrected chi connectivity index (χ0v) is 16.0. The van der Waals surface area contributed by atoms with Crippen LogP contribution in [0.1, 0.15) is 23.1 Å². The van der Waals surface area contributed by atoms with Gasteiger partial charge in [-0.15, -0.1) is 0 Å². The zero-order valence-electron chi connectivity index (χ0n) is 16.0. The number of nitrogens with one attached hydrogen (secondary N) is 1. The summed E-state index contributed by atoms with van der Waals surface area (Å²) in [6.45, 7) is 5.04. The average molecular weight is 386 g/mol. The summed E-state index contributed by atoms with van der Waals surface area (Å²) in [4.78, 5) is 34.3. The Labute approximate surface area is 162 Å². The van der Waals surface area contributed by atoms with E-state index < -0.39 is 23.4 Å². The summed E-state index contributed by atoms with van der Waals surface area (Å²) in [7, 11) is 0. The highest BCUT2D eigenvalue weighted by Gasteiger charge is 2.18. The molecule has 0 heterocycles. The minimum absolute atomic E-state index is 0.0228. The molecule has 0 saturated heterocycles. The fourth-order valence-electron chi connectivity index (χ4n) is 2.41. The van der Waals surface area contributed by atoms with Gasteiger partial charge in [0, 0.05) is 6.07 Å². The number of nitro benzene ring substituents is 1. The zero-order chi connectivity index (χ0) is 20.7. The van der Waals surface area contributed by atoms with Crippen LogP contribution in [0.15, 0.2) is 36.4 Å². The molecule has 8 heteroatoms. The Morgan fingerprint density at radius 1 is 1.11 bits per heavy atom. The highest BCUT2D eigenvalue weighted by molar-refractivity contribution is 5.95. The molecule has 0 aliphatic rings. The van der Waals surface area contributed by atoms with Gasteiger partial charge in [-0.2, -0.15) is 0 Å². The predicted molar refractivity (Wildman–Crippen MR) is 103 cm³/mol. The third-order valence-electron chi connectivity index (χ3n) is 4.01. The summed E-state index contributed by atoms with van der Waals surface area (Å²) in [6.07, 6.45) is -0.0228. The quantitative estimate of drug-likeness (QED) is 0.423. The summed E-state index contributed by atoms with van der Waals surface area (Å²) >= 11 is 0. The van der Waals surface area contributed by atoms with Crippen molar-refractivity contribution in [3.8, 4) is 5.75 Å². The van der Waals surface area contributed by atoms with Gasteiger partial charge < -0.3 is 14.8 Å². The van der Waals surface area contributed by atoms with Gasteiger partial charge in [-0.3, -0.25) is 19.7 Å². The second kappa shape index (κ2) is 9.50. The molecule has 0 radical (unpaired) electrons. The smallest absolute Gasteiger partial charge is 0.309 e. The van der Waals surface area contributed by atoms with Crippen LogP contribution < -0.4 is 10.1 Å². The number of hydrogen-bond donors (Lipinski definition) is 1. The first-order valence-electron chi connectivity index (χ1n) is 8.67. The number of hydrogen-bond acceptors (Lipinski definition) is 6. The first-order chi connectivity index (χ1) is 13.3. The van der Waals surface area contributed by atoms with E-state index in [1.165, 1.54) is 12.1 Å². The Hall–Kier alpha value is -3.42. The number of anilines is 1.